The fraction of sp³-hybridized carbons (Fsp3) is 0.583. The maximum Gasteiger partial charge on any atom is 0.236 e. The van der Waals surface area contributed by atoms with Gasteiger partial charge in [0.2, 0.25) is 11.8 Å². The summed E-state index contributed by atoms with van der Waals surface area (Å²) in [6.45, 7) is 7.89. The molecule has 1 aromatic heterocycles. The average molecular weight is 427 g/mol. The number of nitrogens with zero attached hydrogens (tertiary/aromatic N) is 3. The summed E-state index contributed by atoms with van der Waals surface area (Å²) in [5.41, 5.74) is 0.837. The number of hydrogen-bond acceptors (Lipinski definition) is 5. The van der Waals surface area contributed by atoms with Crippen molar-refractivity contribution in [1.29, 1.82) is 0 Å². The van der Waals surface area contributed by atoms with Crippen LogP contribution in [0.4, 0.5) is 0 Å². The van der Waals surface area contributed by atoms with Crippen LogP contribution >= 0.6 is 0 Å². The van der Waals surface area contributed by atoms with Gasteiger partial charge in [0.1, 0.15) is 11.3 Å². The molecule has 2 aromatic rings. The van der Waals surface area contributed by atoms with E-state index in [-0.39, 0.29) is 17.9 Å². The first-order chi connectivity index (χ1) is 15.1. The molecule has 31 heavy (non-hydrogen) atoms. The van der Waals surface area contributed by atoms with E-state index in [9.17, 15) is 9.59 Å². The van der Waals surface area contributed by atoms with Crippen molar-refractivity contribution in [2.75, 3.05) is 52.4 Å². The fourth-order valence-electron chi connectivity index (χ4n) is 4.49. The van der Waals surface area contributed by atoms with Crippen LogP contribution < -0.4 is 5.32 Å². The van der Waals surface area contributed by atoms with Gasteiger partial charge in [0.25, 0.3) is 0 Å². The highest BCUT2D eigenvalue weighted by Gasteiger charge is 2.24. The standard InChI is InChI=1S/C24H34N4O3/c1-19(22-16-20-8-4-5-9-21(20)31-22)25-23(29)17-26-12-14-27(15-13-26)18-24(30)28-10-6-2-3-7-11-28/h4-5,8-9,16,19H,2-3,6-7,10-15,17-18H2,1H3,(H,25,29)/t19-/m0/s1. The third-order valence-corrected chi connectivity index (χ3v) is 6.40. The topological polar surface area (TPSA) is 69.0 Å². The second kappa shape index (κ2) is 10.3. The molecule has 4 rings (SSSR count). The highest BCUT2D eigenvalue weighted by molar-refractivity contribution is 5.80. The smallest absolute Gasteiger partial charge is 0.236 e. The molecular formula is C24H34N4O3. The number of nitrogens with one attached hydrogen (secondary N) is 1. The van der Waals surface area contributed by atoms with E-state index in [0.29, 0.717) is 13.1 Å². The number of amides is 2. The molecule has 2 saturated heterocycles. The summed E-state index contributed by atoms with van der Waals surface area (Å²) in [5.74, 6) is 1.03. The lowest BCUT2D eigenvalue weighted by Crippen LogP contribution is -2.52. The minimum Gasteiger partial charge on any atom is -0.459 e. The van der Waals surface area contributed by atoms with Gasteiger partial charge in [0, 0.05) is 44.7 Å². The normalized spacial score (nSPS) is 19.8. The van der Waals surface area contributed by atoms with Crippen molar-refractivity contribution in [2.24, 2.45) is 0 Å². The predicted octanol–water partition coefficient (Wildman–Crippen LogP) is 2.63. The molecule has 3 heterocycles. The van der Waals surface area contributed by atoms with Crippen LogP contribution in [-0.2, 0) is 9.59 Å². The molecule has 1 N–H and O–H groups in total. The lowest BCUT2D eigenvalue weighted by molar-refractivity contribution is -0.133. The van der Waals surface area contributed by atoms with E-state index in [1.807, 2.05) is 42.2 Å². The van der Waals surface area contributed by atoms with Gasteiger partial charge in [-0.1, -0.05) is 31.0 Å². The second-order valence-electron chi connectivity index (χ2n) is 8.82. The zero-order valence-corrected chi connectivity index (χ0v) is 18.5. The van der Waals surface area contributed by atoms with Crippen LogP contribution in [-0.4, -0.2) is 78.9 Å². The van der Waals surface area contributed by atoms with Crippen molar-refractivity contribution in [3.63, 3.8) is 0 Å². The largest absolute Gasteiger partial charge is 0.459 e. The monoisotopic (exact) mass is 426 g/mol. The molecule has 2 amide bonds. The predicted molar refractivity (Wildman–Crippen MR) is 121 cm³/mol. The Morgan fingerprint density at radius 2 is 1.58 bits per heavy atom. The number of piperazine rings is 1. The van der Waals surface area contributed by atoms with Gasteiger partial charge in [0.15, 0.2) is 0 Å². The van der Waals surface area contributed by atoms with Gasteiger partial charge in [-0.25, -0.2) is 0 Å². The SMILES string of the molecule is C[C@H](NC(=O)CN1CCN(CC(=O)N2CCCCCC2)CC1)c1cc2ccccc2o1. The first-order valence-corrected chi connectivity index (χ1v) is 11.6. The summed E-state index contributed by atoms with van der Waals surface area (Å²) < 4.78 is 5.86. The molecule has 0 radical (unpaired) electrons. The van der Waals surface area contributed by atoms with Crippen LogP contribution in [0.1, 0.15) is 44.4 Å². The Bertz CT molecular complexity index is 847. The molecule has 0 saturated carbocycles. The summed E-state index contributed by atoms with van der Waals surface area (Å²) >= 11 is 0. The minimum atomic E-state index is -0.174. The number of carbonyl (C=O) groups excluding carboxylic acids is 2. The molecule has 2 aliphatic heterocycles. The number of rotatable bonds is 6. The Labute approximate surface area is 184 Å². The minimum absolute atomic E-state index is 0.00190. The molecule has 7 nitrogen and oxygen atoms in total. The van der Waals surface area contributed by atoms with Crippen LogP contribution in [0.25, 0.3) is 11.0 Å². The maximum absolute atomic E-state index is 12.6. The molecule has 0 aliphatic carbocycles. The average Bonchev–Trinajstić information content (AvgIpc) is 3.01. The van der Waals surface area contributed by atoms with Gasteiger partial charge in [-0.3, -0.25) is 19.4 Å². The van der Waals surface area contributed by atoms with Gasteiger partial charge < -0.3 is 14.6 Å². The van der Waals surface area contributed by atoms with Crippen LogP contribution in [0, 0.1) is 0 Å². The zero-order chi connectivity index (χ0) is 21.6. The highest BCUT2D eigenvalue weighted by atomic mass is 16.3. The number of hydrogen-bond donors (Lipinski definition) is 1. The van der Waals surface area contributed by atoms with Crippen molar-refractivity contribution in [1.82, 2.24) is 20.0 Å². The van der Waals surface area contributed by atoms with E-state index in [0.717, 1.165) is 68.8 Å². The molecular weight excluding hydrogens is 392 g/mol. The van der Waals surface area contributed by atoms with Gasteiger partial charge in [-0.05, 0) is 31.9 Å². The summed E-state index contributed by atoms with van der Waals surface area (Å²) in [6, 6.07) is 9.68. The van der Waals surface area contributed by atoms with Gasteiger partial charge in [0.05, 0.1) is 19.1 Å². The van der Waals surface area contributed by atoms with Crippen molar-refractivity contribution < 1.29 is 14.0 Å². The molecule has 0 unspecified atom stereocenters. The first kappa shape index (κ1) is 21.8. The van der Waals surface area contributed by atoms with E-state index in [2.05, 4.69) is 15.1 Å². The first-order valence-electron chi connectivity index (χ1n) is 11.6. The fourth-order valence-corrected chi connectivity index (χ4v) is 4.49. The second-order valence-corrected chi connectivity index (χ2v) is 8.82. The van der Waals surface area contributed by atoms with Crippen LogP contribution in [0.15, 0.2) is 34.7 Å². The van der Waals surface area contributed by atoms with E-state index in [1.54, 1.807) is 0 Å². The van der Waals surface area contributed by atoms with Crippen molar-refractivity contribution >= 4 is 22.8 Å². The van der Waals surface area contributed by atoms with Crippen molar-refractivity contribution in [3.05, 3.63) is 36.1 Å². The number of furan rings is 1. The number of carbonyl (C=O) groups is 2. The van der Waals surface area contributed by atoms with Gasteiger partial charge >= 0.3 is 0 Å². The molecule has 0 bridgehead atoms. The molecule has 7 heteroatoms. The Kier molecular flexibility index (Phi) is 7.25. The van der Waals surface area contributed by atoms with Gasteiger partial charge in [-0.15, -0.1) is 0 Å². The summed E-state index contributed by atoms with van der Waals surface area (Å²) in [6.07, 6.45) is 4.72. The summed E-state index contributed by atoms with van der Waals surface area (Å²) in [7, 11) is 0. The van der Waals surface area contributed by atoms with Crippen LogP contribution in [0.2, 0.25) is 0 Å². The van der Waals surface area contributed by atoms with Crippen molar-refractivity contribution in [2.45, 2.75) is 38.6 Å². The lowest BCUT2D eigenvalue weighted by Gasteiger charge is -2.35. The summed E-state index contributed by atoms with van der Waals surface area (Å²) in [4.78, 5) is 31.6. The third kappa shape index (κ3) is 5.86. The van der Waals surface area contributed by atoms with E-state index in [4.69, 9.17) is 4.42 Å². The molecule has 1 aromatic carbocycles. The number of fused-ring (bicyclic) bond motifs is 1. The molecule has 1 atom stereocenters. The molecule has 2 aliphatic rings. The Hall–Kier alpha value is -2.38. The molecule has 2 fully saturated rings. The Balaban J connectivity index is 1.19. The Morgan fingerprint density at radius 1 is 0.935 bits per heavy atom. The number of likely N-dealkylation sites (tertiary alicyclic amines) is 1. The van der Waals surface area contributed by atoms with Crippen LogP contribution in [0.3, 0.4) is 0 Å². The Morgan fingerprint density at radius 3 is 2.26 bits per heavy atom. The molecule has 0 spiro atoms. The van der Waals surface area contributed by atoms with E-state index < -0.39 is 0 Å². The number of benzene rings is 1. The summed E-state index contributed by atoms with van der Waals surface area (Å²) in [5, 5.41) is 4.09. The van der Waals surface area contributed by atoms with Gasteiger partial charge in [-0.2, -0.15) is 0 Å². The zero-order valence-electron chi connectivity index (χ0n) is 18.5. The highest BCUT2D eigenvalue weighted by Crippen LogP contribution is 2.23. The van der Waals surface area contributed by atoms with Crippen molar-refractivity contribution in [3.8, 4) is 0 Å². The maximum atomic E-state index is 12.6. The lowest BCUT2D eigenvalue weighted by atomic mass is 10.2. The van der Waals surface area contributed by atoms with E-state index >= 15 is 0 Å². The molecule has 168 valence electrons. The van der Waals surface area contributed by atoms with Crippen LogP contribution in [0.5, 0.6) is 0 Å². The quantitative estimate of drug-likeness (QED) is 0.769. The third-order valence-electron chi connectivity index (χ3n) is 6.40. The van der Waals surface area contributed by atoms with E-state index in [1.165, 1.54) is 12.8 Å². The number of para-hydroxylation sites is 1.